The molecule has 82 valence electrons. The van der Waals surface area contributed by atoms with E-state index in [0.29, 0.717) is 12.1 Å². The smallest absolute Gasteiger partial charge is 0.0480 e. The minimum absolute atomic E-state index is 0.439. The summed E-state index contributed by atoms with van der Waals surface area (Å²) in [6.45, 7) is 4.03. The number of hydrogen-bond acceptors (Lipinski definition) is 2. The molecule has 0 amide bonds. The van der Waals surface area contributed by atoms with Crippen LogP contribution in [0.3, 0.4) is 0 Å². The van der Waals surface area contributed by atoms with Crippen LogP contribution in [0.5, 0.6) is 0 Å². The van der Waals surface area contributed by atoms with E-state index in [9.17, 15) is 0 Å². The zero-order valence-corrected chi connectivity index (χ0v) is 9.28. The summed E-state index contributed by atoms with van der Waals surface area (Å²) in [5.74, 6) is 0. The van der Waals surface area contributed by atoms with Crippen molar-refractivity contribution in [1.29, 1.82) is 0 Å². The normalized spacial score (nSPS) is 20.1. The molecule has 1 heterocycles. The lowest BCUT2D eigenvalue weighted by atomic mass is 10.0. The molecular weight excluding hydrogens is 186 g/mol. The monoisotopic (exact) mass is 205 g/mol. The highest BCUT2D eigenvalue weighted by Gasteiger charge is 2.16. The van der Waals surface area contributed by atoms with Gasteiger partial charge in [0.15, 0.2) is 0 Å². The fourth-order valence-corrected chi connectivity index (χ4v) is 2.06. The van der Waals surface area contributed by atoms with Gasteiger partial charge in [-0.15, -0.1) is 0 Å². The van der Waals surface area contributed by atoms with Gasteiger partial charge in [-0.05, 0) is 25.3 Å². The van der Waals surface area contributed by atoms with Gasteiger partial charge in [0.05, 0.1) is 0 Å². The molecule has 15 heavy (non-hydrogen) atoms. The first-order valence-corrected chi connectivity index (χ1v) is 5.75. The third kappa shape index (κ3) is 3.05. The molecule has 0 bridgehead atoms. The summed E-state index contributed by atoms with van der Waals surface area (Å²) in [6, 6.07) is 11.7. The second-order valence-electron chi connectivity index (χ2n) is 4.19. The van der Waals surface area contributed by atoms with Crippen LogP contribution >= 0.6 is 0 Å². The molecular formula is C13H19NO. The molecule has 0 aromatic heterocycles. The van der Waals surface area contributed by atoms with Gasteiger partial charge in [0, 0.05) is 25.3 Å². The topological polar surface area (TPSA) is 21.3 Å². The Hall–Kier alpha value is -0.860. The molecule has 2 nitrogen and oxygen atoms in total. The highest BCUT2D eigenvalue weighted by molar-refractivity contribution is 5.18. The summed E-state index contributed by atoms with van der Waals surface area (Å²) in [6.07, 6.45) is 2.27. The van der Waals surface area contributed by atoms with Gasteiger partial charge in [0.25, 0.3) is 0 Å². The molecule has 2 rings (SSSR count). The molecule has 0 saturated carbocycles. The summed E-state index contributed by atoms with van der Waals surface area (Å²) in [5.41, 5.74) is 1.36. The van der Waals surface area contributed by atoms with Crippen LogP contribution in [-0.2, 0) is 4.74 Å². The Labute approximate surface area is 91.6 Å². The molecule has 1 aliphatic rings. The van der Waals surface area contributed by atoms with Crippen LogP contribution in [0, 0.1) is 0 Å². The summed E-state index contributed by atoms with van der Waals surface area (Å²) in [7, 11) is 0. The van der Waals surface area contributed by atoms with Crippen LogP contribution in [0.4, 0.5) is 0 Å². The Morgan fingerprint density at radius 1 is 1.20 bits per heavy atom. The van der Waals surface area contributed by atoms with Crippen molar-refractivity contribution in [3.63, 3.8) is 0 Å². The van der Waals surface area contributed by atoms with Gasteiger partial charge in [-0.25, -0.2) is 0 Å². The minimum atomic E-state index is 0.439. The first-order valence-electron chi connectivity index (χ1n) is 5.75. The molecule has 1 N–H and O–H groups in total. The van der Waals surface area contributed by atoms with Gasteiger partial charge in [0.2, 0.25) is 0 Å². The van der Waals surface area contributed by atoms with Crippen molar-refractivity contribution in [2.45, 2.75) is 31.8 Å². The second kappa shape index (κ2) is 5.29. The van der Waals surface area contributed by atoms with Crippen molar-refractivity contribution >= 4 is 0 Å². The van der Waals surface area contributed by atoms with Crippen LogP contribution in [0.15, 0.2) is 30.3 Å². The molecule has 1 aromatic rings. The van der Waals surface area contributed by atoms with Crippen LogP contribution < -0.4 is 5.32 Å². The Morgan fingerprint density at radius 3 is 2.53 bits per heavy atom. The van der Waals surface area contributed by atoms with E-state index < -0.39 is 0 Å². The minimum Gasteiger partial charge on any atom is -0.381 e. The van der Waals surface area contributed by atoms with E-state index in [-0.39, 0.29) is 0 Å². The zero-order valence-electron chi connectivity index (χ0n) is 9.28. The Morgan fingerprint density at radius 2 is 1.87 bits per heavy atom. The lowest BCUT2D eigenvalue weighted by molar-refractivity contribution is 0.0754. The maximum absolute atomic E-state index is 5.35. The average Bonchev–Trinajstić information content (AvgIpc) is 2.31. The fraction of sp³-hybridized carbons (Fsp3) is 0.538. The van der Waals surface area contributed by atoms with Crippen LogP contribution in [0.2, 0.25) is 0 Å². The fourth-order valence-electron chi connectivity index (χ4n) is 2.06. The van der Waals surface area contributed by atoms with E-state index in [1.807, 2.05) is 0 Å². The number of rotatable bonds is 3. The van der Waals surface area contributed by atoms with Gasteiger partial charge >= 0.3 is 0 Å². The lowest BCUT2D eigenvalue weighted by Gasteiger charge is -2.27. The number of benzene rings is 1. The Bertz CT molecular complexity index is 280. The SMILES string of the molecule is CC(NC1CCOCC1)c1ccccc1. The van der Waals surface area contributed by atoms with Gasteiger partial charge in [-0.1, -0.05) is 30.3 Å². The number of hydrogen-bond donors (Lipinski definition) is 1. The highest BCUT2D eigenvalue weighted by atomic mass is 16.5. The van der Waals surface area contributed by atoms with Gasteiger partial charge in [-0.2, -0.15) is 0 Å². The molecule has 1 atom stereocenters. The maximum atomic E-state index is 5.35. The van der Waals surface area contributed by atoms with Crippen LogP contribution in [0.25, 0.3) is 0 Å². The van der Waals surface area contributed by atoms with E-state index in [4.69, 9.17) is 4.74 Å². The summed E-state index contributed by atoms with van der Waals surface area (Å²) >= 11 is 0. The third-order valence-corrected chi connectivity index (χ3v) is 3.01. The van der Waals surface area contributed by atoms with E-state index in [2.05, 4.69) is 42.6 Å². The number of ether oxygens (including phenoxy) is 1. The van der Waals surface area contributed by atoms with Crippen molar-refractivity contribution in [3.05, 3.63) is 35.9 Å². The van der Waals surface area contributed by atoms with Crippen molar-refractivity contribution < 1.29 is 4.74 Å². The Kier molecular flexibility index (Phi) is 3.75. The average molecular weight is 205 g/mol. The molecule has 1 saturated heterocycles. The van der Waals surface area contributed by atoms with E-state index in [1.54, 1.807) is 0 Å². The zero-order chi connectivity index (χ0) is 10.5. The van der Waals surface area contributed by atoms with E-state index in [0.717, 1.165) is 26.1 Å². The largest absolute Gasteiger partial charge is 0.381 e. The predicted molar refractivity (Wildman–Crippen MR) is 61.8 cm³/mol. The molecule has 1 fully saturated rings. The van der Waals surface area contributed by atoms with Gasteiger partial charge < -0.3 is 10.1 Å². The second-order valence-corrected chi connectivity index (χ2v) is 4.19. The van der Waals surface area contributed by atoms with Crippen molar-refractivity contribution in [1.82, 2.24) is 5.32 Å². The lowest BCUT2D eigenvalue weighted by Crippen LogP contribution is -2.36. The Balaban J connectivity index is 1.88. The highest BCUT2D eigenvalue weighted by Crippen LogP contribution is 2.15. The quantitative estimate of drug-likeness (QED) is 0.818. The van der Waals surface area contributed by atoms with Crippen molar-refractivity contribution in [3.8, 4) is 0 Å². The third-order valence-electron chi connectivity index (χ3n) is 3.01. The molecule has 0 spiro atoms. The molecule has 1 aliphatic heterocycles. The molecule has 0 aliphatic carbocycles. The van der Waals surface area contributed by atoms with E-state index >= 15 is 0 Å². The first kappa shape index (κ1) is 10.7. The molecule has 1 unspecified atom stereocenters. The van der Waals surface area contributed by atoms with Crippen molar-refractivity contribution in [2.75, 3.05) is 13.2 Å². The van der Waals surface area contributed by atoms with Crippen molar-refractivity contribution in [2.24, 2.45) is 0 Å². The summed E-state index contributed by atoms with van der Waals surface area (Å²) < 4.78 is 5.35. The summed E-state index contributed by atoms with van der Waals surface area (Å²) in [5, 5.41) is 3.66. The molecule has 1 aromatic carbocycles. The van der Waals surface area contributed by atoms with Gasteiger partial charge in [0.1, 0.15) is 0 Å². The van der Waals surface area contributed by atoms with Gasteiger partial charge in [-0.3, -0.25) is 0 Å². The number of nitrogens with one attached hydrogen (secondary N) is 1. The predicted octanol–water partition coefficient (Wildman–Crippen LogP) is 2.52. The summed E-state index contributed by atoms with van der Waals surface area (Å²) in [4.78, 5) is 0. The van der Waals surface area contributed by atoms with E-state index in [1.165, 1.54) is 5.56 Å². The standard InChI is InChI=1S/C13H19NO/c1-11(12-5-3-2-4-6-12)14-13-7-9-15-10-8-13/h2-6,11,13-14H,7-10H2,1H3. The van der Waals surface area contributed by atoms with Crippen LogP contribution in [0.1, 0.15) is 31.4 Å². The maximum Gasteiger partial charge on any atom is 0.0480 e. The first-order chi connectivity index (χ1) is 7.36. The van der Waals surface area contributed by atoms with Crippen LogP contribution in [-0.4, -0.2) is 19.3 Å². The molecule has 2 heteroatoms. The molecule has 0 radical (unpaired) electrons.